The summed E-state index contributed by atoms with van der Waals surface area (Å²) >= 11 is 4.50. The molecule has 0 unspecified atom stereocenters. The number of imidazole rings is 1. The van der Waals surface area contributed by atoms with Gasteiger partial charge in [-0.3, -0.25) is 4.40 Å². The Morgan fingerprint density at radius 1 is 1.30 bits per heavy atom. The van der Waals surface area contributed by atoms with Crippen LogP contribution < -0.4 is 10.5 Å². The molecule has 0 aliphatic heterocycles. The van der Waals surface area contributed by atoms with Gasteiger partial charge < -0.3 is 9.30 Å². The number of benzene rings is 1. The number of nitrogens with zero attached hydrogens (tertiary/aromatic N) is 2. The van der Waals surface area contributed by atoms with Crippen molar-refractivity contribution >= 4 is 44.6 Å². The number of hydrogen-bond acceptors (Lipinski definition) is 6. The molecule has 0 saturated carbocycles. The van der Waals surface area contributed by atoms with E-state index in [-0.39, 0.29) is 22.7 Å². The highest BCUT2D eigenvalue weighted by atomic mass is 79.9. The Morgan fingerprint density at radius 3 is 2.96 bits per heavy atom. The minimum absolute atomic E-state index is 0.146. The van der Waals surface area contributed by atoms with Gasteiger partial charge in [-0.2, -0.15) is 0 Å². The van der Waals surface area contributed by atoms with Gasteiger partial charge in [-0.15, -0.1) is 4.33 Å². The van der Waals surface area contributed by atoms with Gasteiger partial charge in [-0.25, -0.2) is 14.2 Å². The zero-order valence-electron chi connectivity index (χ0n) is 13.9. The fourth-order valence-corrected chi connectivity index (χ4v) is 3.16. The lowest BCUT2D eigenvalue weighted by Crippen LogP contribution is -2.05. The van der Waals surface area contributed by atoms with Gasteiger partial charge >= 0.3 is 5.63 Å². The molecular weight excluding hydrogens is 439 g/mol. The highest BCUT2D eigenvalue weighted by Crippen LogP contribution is 2.32. The predicted octanol–water partition coefficient (Wildman–Crippen LogP) is 4.99. The molecule has 4 rings (SSSR count). The van der Waals surface area contributed by atoms with Crippen LogP contribution in [-0.2, 0) is 4.33 Å². The second kappa shape index (κ2) is 7.34. The molecule has 9 heteroatoms. The van der Waals surface area contributed by atoms with Crippen molar-refractivity contribution in [2.24, 2.45) is 0 Å². The van der Waals surface area contributed by atoms with E-state index < -0.39 is 11.4 Å². The molecule has 138 valence electrons. The molecule has 0 amide bonds. The predicted molar refractivity (Wildman–Crippen MR) is 104 cm³/mol. The van der Waals surface area contributed by atoms with Crippen molar-refractivity contribution in [1.82, 2.24) is 9.38 Å². The van der Waals surface area contributed by atoms with Crippen molar-refractivity contribution in [2.75, 3.05) is 5.75 Å². The van der Waals surface area contributed by atoms with Crippen LogP contribution in [0.25, 0.3) is 27.9 Å². The van der Waals surface area contributed by atoms with Crippen LogP contribution in [0.1, 0.15) is 6.92 Å². The number of rotatable bonds is 5. The zero-order chi connectivity index (χ0) is 19.0. The van der Waals surface area contributed by atoms with E-state index in [1.807, 2.05) is 13.0 Å². The molecule has 3 aromatic heterocycles. The summed E-state index contributed by atoms with van der Waals surface area (Å²) in [6, 6.07) is 9.04. The molecule has 0 radical (unpaired) electrons. The molecule has 0 N–H and O–H groups in total. The Kier molecular flexibility index (Phi) is 4.90. The van der Waals surface area contributed by atoms with Crippen LogP contribution in [0.5, 0.6) is 5.88 Å². The summed E-state index contributed by atoms with van der Waals surface area (Å²) in [7, 11) is 0. The standard InChI is InChI=1S/C18H12BrFN2O4S/c1-2-27-26-25-17-16(21-15-6-3-11(19)9-22(15)17)13-8-10-7-12(20)4-5-14(10)24-18(13)23/h3-9H,2H2,1H3. The van der Waals surface area contributed by atoms with Gasteiger partial charge in [0.05, 0.1) is 5.56 Å². The topological polar surface area (TPSA) is 66.0 Å². The highest BCUT2D eigenvalue weighted by molar-refractivity contribution is 9.10. The van der Waals surface area contributed by atoms with Crippen LogP contribution in [0.15, 0.2) is 56.3 Å². The van der Waals surface area contributed by atoms with E-state index in [2.05, 4.69) is 20.9 Å². The monoisotopic (exact) mass is 450 g/mol. The first-order valence-electron chi connectivity index (χ1n) is 7.94. The minimum Gasteiger partial charge on any atom is -0.422 e. The summed E-state index contributed by atoms with van der Waals surface area (Å²) in [6.07, 6.45) is 1.74. The Morgan fingerprint density at radius 2 is 2.15 bits per heavy atom. The van der Waals surface area contributed by atoms with Crippen LogP contribution in [0.2, 0.25) is 0 Å². The van der Waals surface area contributed by atoms with E-state index in [0.717, 1.165) is 16.5 Å². The van der Waals surface area contributed by atoms with Crippen molar-refractivity contribution in [3.8, 4) is 17.1 Å². The van der Waals surface area contributed by atoms with E-state index in [0.29, 0.717) is 16.8 Å². The molecule has 0 aliphatic rings. The Labute approximate surface area is 165 Å². The average molecular weight is 451 g/mol. The molecule has 0 saturated heterocycles. The summed E-state index contributed by atoms with van der Waals surface area (Å²) < 4.78 is 26.5. The fraction of sp³-hybridized carbons (Fsp3) is 0.111. The summed E-state index contributed by atoms with van der Waals surface area (Å²) in [5.74, 6) is 0.461. The molecule has 0 spiro atoms. The van der Waals surface area contributed by atoms with E-state index in [1.165, 1.54) is 24.3 Å². The first-order chi connectivity index (χ1) is 13.1. The molecule has 0 aliphatic carbocycles. The van der Waals surface area contributed by atoms with Crippen LogP contribution in [0.3, 0.4) is 0 Å². The van der Waals surface area contributed by atoms with Crippen LogP contribution in [0.4, 0.5) is 4.39 Å². The van der Waals surface area contributed by atoms with Crippen LogP contribution in [-0.4, -0.2) is 15.1 Å². The Balaban J connectivity index is 1.94. The van der Waals surface area contributed by atoms with E-state index in [1.54, 1.807) is 16.7 Å². The third-order valence-corrected chi connectivity index (χ3v) is 4.64. The van der Waals surface area contributed by atoms with Gasteiger partial charge in [0.15, 0.2) is 0 Å². The van der Waals surface area contributed by atoms with Crippen molar-refractivity contribution in [2.45, 2.75) is 6.92 Å². The van der Waals surface area contributed by atoms with E-state index in [9.17, 15) is 9.18 Å². The molecule has 27 heavy (non-hydrogen) atoms. The molecule has 0 fully saturated rings. The second-order valence-electron chi connectivity index (χ2n) is 5.53. The summed E-state index contributed by atoms with van der Waals surface area (Å²) in [5, 5.41) is 0.442. The molecule has 0 bridgehead atoms. The largest absolute Gasteiger partial charge is 0.422 e. The van der Waals surface area contributed by atoms with Crippen LogP contribution >= 0.6 is 28.0 Å². The van der Waals surface area contributed by atoms with Gasteiger partial charge in [0, 0.05) is 33.9 Å². The van der Waals surface area contributed by atoms with E-state index >= 15 is 0 Å². The molecule has 4 aromatic rings. The maximum atomic E-state index is 13.6. The Bertz CT molecular complexity index is 1210. The number of fused-ring (bicyclic) bond motifs is 2. The number of pyridine rings is 1. The molecular formula is C18H12BrFN2O4S. The fourth-order valence-electron chi connectivity index (χ4n) is 2.62. The lowest BCUT2D eigenvalue weighted by atomic mass is 10.1. The van der Waals surface area contributed by atoms with Crippen molar-refractivity contribution in [3.05, 3.63) is 63.3 Å². The molecule has 6 nitrogen and oxygen atoms in total. The minimum atomic E-state index is -0.607. The van der Waals surface area contributed by atoms with Gasteiger partial charge in [0.2, 0.25) is 0 Å². The van der Waals surface area contributed by atoms with Crippen molar-refractivity contribution in [3.63, 3.8) is 0 Å². The summed E-state index contributed by atoms with van der Waals surface area (Å²) in [4.78, 5) is 22.4. The average Bonchev–Trinajstić information content (AvgIpc) is 2.99. The van der Waals surface area contributed by atoms with Crippen molar-refractivity contribution in [1.29, 1.82) is 0 Å². The number of hydrogen-bond donors (Lipinski definition) is 0. The number of aromatic nitrogens is 2. The SMILES string of the molecule is CCSOOc1c(-c2cc3cc(F)ccc3oc2=O)nc2ccc(Br)cn12. The maximum Gasteiger partial charge on any atom is 0.345 e. The van der Waals surface area contributed by atoms with Crippen molar-refractivity contribution < 1.29 is 18.0 Å². The smallest absolute Gasteiger partial charge is 0.345 e. The quantitative estimate of drug-likeness (QED) is 0.140. The summed E-state index contributed by atoms with van der Waals surface area (Å²) in [5.41, 5.74) is 0.617. The van der Waals surface area contributed by atoms with Gasteiger partial charge in [-0.05, 0) is 52.3 Å². The van der Waals surface area contributed by atoms with E-state index in [4.69, 9.17) is 13.6 Å². The third kappa shape index (κ3) is 3.45. The summed E-state index contributed by atoms with van der Waals surface area (Å²) in [6.45, 7) is 1.91. The third-order valence-electron chi connectivity index (χ3n) is 3.77. The number of halogens is 2. The Hall–Kier alpha value is -2.36. The first kappa shape index (κ1) is 18.0. The lowest BCUT2D eigenvalue weighted by molar-refractivity contribution is -0.0823. The second-order valence-corrected chi connectivity index (χ2v) is 7.39. The first-order valence-corrected chi connectivity index (χ1v) is 9.64. The zero-order valence-corrected chi connectivity index (χ0v) is 16.3. The molecule has 1 aromatic carbocycles. The lowest BCUT2D eigenvalue weighted by Gasteiger charge is -2.05. The molecule has 3 heterocycles. The highest BCUT2D eigenvalue weighted by Gasteiger charge is 2.21. The van der Waals surface area contributed by atoms with Gasteiger partial charge in [-0.1, -0.05) is 6.92 Å². The molecule has 0 atom stereocenters. The van der Waals surface area contributed by atoms with Gasteiger partial charge in [0.25, 0.3) is 5.88 Å². The van der Waals surface area contributed by atoms with Gasteiger partial charge in [0.1, 0.15) is 22.7 Å². The maximum absolute atomic E-state index is 13.6. The van der Waals surface area contributed by atoms with Crippen LogP contribution in [0, 0.1) is 5.82 Å². The normalized spacial score (nSPS) is 11.4.